The molecule has 0 saturated carbocycles. The van der Waals surface area contributed by atoms with Crippen LogP contribution in [0, 0.1) is 0 Å². The minimum absolute atomic E-state index is 0.0422. The van der Waals surface area contributed by atoms with E-state index in [2.05, 4.69) is 9.97 Å². The van der Waals surface area contributed by atoms with Gasteiger partial charge in [0.2, 0.25) is 0 Å². The zero-order chi connectivity index (χ0) is 8.97. The second-order valence-corrected chi connectivity index (χ2v) is 2.58. The summed E-state index contributed by atoms with van der Waals surface area (Å²) in [6.07, 6.45) is 0.858. The van der Waals surface area contributed by atoms with E-state index in [0.29, 0.717) is 0 Å². The minimum atomic E-state index is -1.11. The molecule has 5 heteroatoms. The average Bonchev–Trinajstić information content (AvgIpc) is 2.17. The number of aliphatic hydroxyl groups excluding tert-OH is 2. The SMILES string of the molecule is OC(CCl)C(O)c1ncccn1. The van der Waals surface area contributed by atoms with Crippen LogP contribution in [0.2, 0.25) is 0 Å². The van der Waals surface area contributed by atoms with Gasteiger partial charge >= 0.3 is 0 Å². The predicted molar refractivity (Wildman–Crippen MR) is 43.7 cm³/mol. The summed E-state index contributed by atoms with van der Waals surface area (Å²) < 4.78 is 0. The summed E-state index contributed by atoms with van der Waals surface area (Å²) in [5, 5.41) is 18.4. The average molecular weight is 189 g/mol. The molecule has 2 N–H and O–H groups in total. The van der Waals surface area contributed by atoms with Crippen LogP contribution >= 0.6 is 11.6 Å². The number of hydrogen-bond donors (Lipinski definition) is 2. The highest BCUT2D eigenvalue weighted by Crippen LogP contribution is 2.11. The smallest absolute Gasteiger partial charge is 0.159 e. The summed E-state index contributed by atoms with van der Waals surface area (Å²) in [6.45, 7) is 0. The Bertz CT molecular complexity index is 232. The van der Waals surface area contributed by atoms with Crippen molar-refractivity contribution in [3.63, 3.8) is 0 Å². The lowest BCUT2D eigenvalue weighted by atomic mass is 10.2. The molecule has 0 amide bonds. The van der Waals surface area contributed by atoms with Crippen LogP contribution in [0.5, 0.6) is 0 Å². The fourth-order valence-corrected chi connectivity index (χ4v) is 0.889. The van der Waals surface area contributed by atoms with Crippen LogP contribution in [0.3, 0.4) is 0 Å². The molecule has 0 saturated heterocycles. The highest BCUT2D eigenvalue weighted by atomic mass is 35.5. The fourth-order valence-electron chi connectivity index (χ4n) is 0.720. The van der Waals surface area contributed by atoms with Crippen molar-refractivity contribution in [1.29, 1.82) is 0 Å². The molecule has 0 aliphatic carbocycles. The van der Waals surface area contributed by atoms with Gasteiger partial charge in [0, 0.05) is 12.4 Å². The molecule has 2 unspecified atom stereocenters. The van der Waals surface area contributed by atoms with E-state index in [-0.39, 0.29) is 11.7 Å². The fraction of sp³-hybridized carbons (Fsp3) is 0.429. The van der Waals surface area contributed by atoms with Gasteiger partial charge in [-0.05, 0) is 6.07 Å². The molecule has 0 aliphatic rings. The Morgan fingerprint density at radius 3 is 2.42 bits per heavy atom. The van der Waals surface area contributed by atoms with E-state index in [1.165, 1.54) is 12.4 Å². The molecule has 0 fully saturated rings. The van der Waals surface area contributed by atoms with E-state index in [1.54, 1.807) is 6.07 Å². The van der Waals surface area contributed by atoms with Crippen LogP contribution in [0.25, 0.3) is 0 Å². The Hall–Kier alpha value is -0.710. The topological polar surface area (TPSA) is 66.2 Å². The molecule has 0 aromatic carbocycles. The number of nitrogens with zero attached hydrogens (tertiary/aromatic N) is 2. The summed E-state index contributed by atoms with van der Waals surface area (Å²) in [7, 11) is 0. The van der Waals surface area contributed by atoms with E-state index < -0.39 is 12.2 Å². The number of alkyl halides is 1. The van der Waals surface area contributed by atoms with Crippen LogP contribution in [-0.2, 0) is 0 Å². The van der Waals surface area contributed by atoms with Gasteiger partial charge in [0.1, 0.15) is 12.2 Å². The first-order valence-electron chi connectivity index (χ1n) is 3.44. The molecule has 1 aromatic heterocycles. The molecule has 66 valence electrons. The molecular formula is C7H9ClN2O2. The lowest BCUT2D eigenvalue weighted by Crippen LogP contribution is -2.21. The van der Waals surface area contributed by atoms with E-state index in [1.807, 2.05) is 0 Å². The molecule has 2 atom stereocenters. The molecule has 1 aromatic rings. The molecule has 1 heterocycles. The third-order valence-corrected chi connectivity index (χ3v) is 1.69. The first-order chi connectivity index (χ1) is 5.75. The van der Waals surface area contributed by atoms with E-state index in [4.69, 9.17) is 16.7 Å². The molecule has 0 aliphatic heterocycles. The van der Waals surface area contributed by atoms with Crippen LogP contribution in [0.4, 0.5) is 0 Å². The van der Waals surface area contributed by atoms with E-state index >= 15 is 0 Å². The van der Waals surface area contributed by atoms with Crippen molar-refractivity contribution in [3.05, 3.63) is 24.3 Å². The second-order valence-electron chi connectivity index (χ2n) is 2.27. The van der Waals surface area contributed by atoms with Gasteiger partial charge in [-0.1, -0.05) is 0 Å². The first kappa shape index (κ1) is 9.38. The summed E-state index contributed by atoms with van der Waals surface area (Å²) >= 11 is 5.33. The second kappa shape index (κ2) is 4.35. The Morgan fingerprint density at radius 2 is 1.92 bits per heavy atom. The van der Waals surface area contributed by atoms with Gasteiger partial charge in [-0.3, -0.25) is 0 Å². The lowest BCUT2D eigenvalue weighted by molar-refractivity contribution is 0.0270. The molecular weight excluding hydrogens is 180 g/mol. The van der Waals surface area contributed by atoms with Crippen molar-refractivity contribution >= 4 is 11.6 Å². The Morgan fingerprint density at radius 1 is 1.33 bits per heavy atom. The Balaban J connectivity index is 2.71. The number of hydrogen-bond acceptors (Lipinski definition) is 4. The molecule has 0 spiro atoms. The molecule has 0 bridgehead atoms. The van der Waals surface area contributed by atoms with Crippen LogP contribution < -0.4 is 0 Å². The van der Waals surface area contributed by atoms with Crippen molar-refractivity contribution in [2.75, 3.05) is 5.88 Å². The summed E-state index contributed by atoms with van der Waals surface area (Å²) in [4.78, 5) is 7.54. The van der Waals surface area contributed by atoms with E-state index in [9.17, 15) is 5.11 Å². The van der Waals surface area contributed by atoms with Crippen LogP contribution in [-0.4, -0.2) is 32.2 Å². The third-order valence-electron chi connectivity index (χ3n) is 1.37. The zero-order valence-corrected chi connectivity index (χ0v) is 7.02. The summed E-state index contributed by atoms with van der Waals surface area (Å²) in [6, 6.07) is 1.63. The Labute approximate surface area is 74.9 Å². The molecule has 4 nitrogen and oxygen atoms in total. The van der Waals surface area contributed by atoms with Gasteiger partial charge in [0.25, 0.3) is 0 Å². The largest absolute Gasteiger partial charge is 0.389 e. The summed E-state index contributed by atoms with van der Waals surface area (Å²) in [5.41, 5.74) is 0. The Kier molecular flexibility index (Phi) is 3.40. The first-order valence-corrected chi connectivity index (χ1v) is 3.98. The molecule has 1 rings (SSSR count). The van der Waals surface area contributed by atoms with Crippen LogP contribution in [0.1, 0.15) is 11.9 Å². The molecule has 12 heavy (non-hydrogen) atoms. The maximum absolute atomic E-state index is 9.33. The van der Waals surface area contributed by atoms with Crippen LogP contribution in [0.15, 0.2) is 18.5 Å². The highest BCUT2D eigenvalue weighted by Gasteiger charge is 2.19. The highest BCUT2D eigenvalue weighted by molar-refractivity contribution is 6.18. The minimum Gasteiger partial charge on any atom is -0.389 e. The van der Waals surface area contributed by atoms with Crippen molar-refractivity contribution < 1.29 is 10.2 Å². The normalized spacial score (nSPS) is 15.6. The van der Waals surface area contributed by atoms with Gasteiger partial charge in [0.15, 0.2) is 5.82 Å². The number of aromatic nitrogens is 2. The quantitative estimate of drug-likeness (QED) is 0.661. The molecule has 0 radical (unpaired) electrons. The van der Waals surface area contributed by atoms with Crippen molar-refractivity contribution in [3.8, 4) is 0 Å². The van der Waals surface area contributed by atoms with Gasteiger partial charge in [-0.2, -0.15) is 0 Å². The van der Waals surface area contributed by atoms with Crippen molar-refractivity contribution in [2.45, 2.75) is 12.2 Å². The zero-order valence-electron chi connectivity index (χ0n) is 6.26. The van der Waals surface area contributed by atoms with Crippen molar-refractivity contribution in [2.24, 2.45) is 0 Å². The predicted octanol–water partition coefficient (Wildman–Crippen LogP) is 0.110. The maximum Gasteiger partial charge on any atom is 0.159 e. The number of rotatable bonds is 3. The van der Waals surface area contributed by atoms with Gasteiger partial charge in [-0.25, -0.2) is 9.97 Å². The number of aliphatic hydroxyl groups is 2. The van der Waals surface area contributed by atoms with Gasteiger partial charge in [0.05, 0.1) is 5.88 Å². The van der Waals surface area contributed by atoms with Gasteiger partial charge in [-0.15, -0.1) is 11.6 Å². The standard InChI is InChI=1S/C7H9ClN2O2/c8-4-5(11)6(12)7-9-2-1-3-10-7/h1-3,5-6,11-12H,4H2. The van der Waals surface area contributed by atoms with E-state index in [0.717, 1.165) is 0 Å². The monoisotopic (exact) mass is 188 g/mol. The van der Waals surface area contributed by atoms with Gasteiger partial charge < -0.3 is 10.2 Å². The summed E-state index contributed by atoms with van der Waals surface area (Å²) in [5.74, 6) is 0.144. The lowest BCUT2D eigenvalue weighted by Gasteiger charge is -2.12. The maximum atomic E-state index is 9.33. The third kappa shape index (κ3) is 2.14. The number of halogens is 1. The van der Waals surface area contributed by atoms with Crippen molar-refractivity contribution in [1.82, 2.24) is 9.97 Å².